The van der Waals surface area contributed by atoms with Crippen LogP contribution in [0.15, 0.2) is 47.1 Å². The molecule has 0 aliphatic carbocycles. The number of amides is 3. The largest absolute Gasteiger partial charge is 0.506 e. The van der Waals surface area contributed by atoms with Crippen LogP contribution in [0.2, 0.25) is 0 Å². The third-order valence-electron chi connectivity index (χ3n) is 6.80. The molecule has 3 amide bonds. The number of anilines is 2. The molecule has 0 spiro atoms. The van der Waals surface area contributed by atoms with Crippen molar-refractivity contribution in [3.8, 4) is 11.5 Å². The van der Waals surface area contributed by atoms with Crippen molar-refractivity contribution in [1.82, 2.24) is 0 Å². The summed E-state index contributed by atoms with van der Waals surface area (Å²) >= 11 is 0. The Morgan fingerprint density at radius 3 is 2.38 bits per heavy atom. The predicted molar refractivity (Wildman–Crippen MR) is 159 cm³/mol. The minimum Gasteiger partial charge on any atom is -0.506 e. The van der Waals surface area contributed by atoms with E-state index < -0.39 is 54.0 Å². The normalized spacial score (nSPS) is 26.1. The summed E-state index contributed by atoms with van der Waals surface area (Å²) in [5.74, 6) is -2.33. The zero-order valence-corrected chi connectivity index (χ0v) is 24.9. The van der Waals surface area contributed by atoms with Gasteiger partial charge in [-0.15, -0.1) is 0 Å². The third kappa shape index (κ3) is 8.93. The Hall–Kier alpha value is -4.13. The molecule has 1 aliphatic heterocycles. The molecule has 230 valence electrons. The van der Waals surface area contributed by atoms with Crippen LogP contribution in [0.4, 0.5) is 16.2 Å². The van der Waals surface area contributed by atoms with Gasteiger partial charge in [-0.1, -0.05) is 36.8 Å². The molecule has 7 N–H and O–H groups in total. The van der Waals surface area contributed by atoms with Crippen molar-refractivity contribution in [2.24, 2.45) is 11.7 Å². The second-order valence-corrected chi connectivity index (χ2v) is 10.2. The number of fused-ring (bicyclic) bond motifs is 2. The van der Waals surface area contributed by atoms with Crippen molar-refractivity contribution in [2.75, 3.05) is 24.9 Å². The first-order chi connectivity index (χ1) is 19.7. The first-order valence-electron chi connectivity index (χ1n) is 13.3. The van der Waals surface area contributed by atoms with Gasteiger partial charge in [-0.05, 0) is 38.8 Å². The third-order valence-corrected chi connectivity index (χ3v) is 6.80. The molecule has 1 heterocycles. The minimum absolute atomic E-state index is 0.0500. The van der Waals surface area contributed by atoms with E-state index in [9.17, 15) is 29.7 Å². The maximum atomic E-state index is 13.0. The highest BCUT2D eigenvalue weighted by atomic mass is 16.6. The van der Waals surface area contributed by atoms with Gasteiger partial charge in [0.1, 0.15) is 17.6 Å². The number of aliphatic hydroxyl groups is 1. The van der Waals surface area contributed by atoms with Gasteiger partial charge < -0.3 is 45.9 Å². The molecular formula is C30H41N3O9. The Bertz CT molecular complexity index is 1300. The number of phenols is 2. The van der Waals surface area contributed by atoms with Gasteiger partial charge in [0.05, 0.1) is 23.6 Å². The van der Waals surface area contributed by atoms with Crippen LogP contribution in [-0.4, -0.2) is 71.9 Å². The van der Waals surface area contributed by atoms with E-state index in [0.29, 0.717) is 11.1 Å². The number of carbonyl (C=O) groups is 3. The predicted octanol–water partition coefficient (Wildman–Crippen LogP) is 3.74. The minimum atomic E-state index is -1.02. The lowest BCUT2D eigenvalue weighted by atomic mass is 9.91. The van der Waals surface area contributed by atoms with E-state index in [1.54, 1.807) is 32.9 Å². The molecule has 1 aliphatic rings. The number of carbonyl (C=O) groups excluding carboxylic acids is 3. The number of hydrogen-bond donors (Lipinski definition) is 6. The van der Waals surface area contributed by atoms with E-state index in [1.807, 2.05) is 0 Å². The Labute approximate surface area is 245 Å². The van der Waals surface area contributed by atoms with Crippen LogP contribution in [0.5, 0.6) is 11.5 Å². The molecule has 5 atom stereocenters. The van der Waals surface area contributed by atoms with Crippen molar-refractivity contribution in [1.29, 1.82) is 0 Å². The Kier molecular flexibility index (Phi) is 12.3. The lowest BCUT2D eigenvalue weighted by molar-refractivity contribution is -0.114. The van der Waals surface area contributed by atoms with Crippen molar-refractivity contribution in [2.45, 2.75) is 65.5 Å². The van der Waals surface area contributed by atoms with E-state index in [0.717, 1.165) is 6.07 Å². The van der Waals surface area contributed by atoms with E-state index in [1.165, 1.54) is 46.3 Å². The number of nitrogens with one attached hydrogen (secondary N) is 2. The quantitative estimate of drug-likeness (QED) is 0.173. The van der Waals surface area contributed by atoms with Gasteiger partial charge in [-0.3, -0.25) is 9.59 Å². The second kappa shape index (κ2) is 15.2. The van der Waals surface area contributed by atoms with Crippen molar-refractivity contribution >= 4 is 35.4 Å². The molecule has 5 unspecified atom stereocenters. The van der Waals surface area contributed by atoms with Crippen LogP contribution < -0.4 is 16.4 Å². The van der Waals surface area contributed by atoms with Gasteiger partial charge in [-0.25, -0.2) is 4.79 Å². The molecule has 12 heteroatoms. The summed E-state index contributed by atoms with van der Waals surface area (Å²) in [5.41, 5.74) is 6.65. The Morgan fingerprint density at radius 2 is 1.81 bits per heavy atom. The molecule has 0 aromatic heterocycles. The molecule has 0 radical (unpaired) electrons. The smallest absolute Gasteiger partial charge is 0.405 e. The van der Waals surface area contributed by atoms with Gasteiger partial charge in [0, 0.05) is 44.3 Å². The Morgan fingerprint density at radius 1 is 1.14 bits per heavy atom. The Balaban J connectivity index is 2.76. The summed E-state index contributed by atoms with van der Waals surface area (Å²) < 4.78 is 16.5. The average Bonchev–Trinajstić information content (AvgIpc) is 2.91. The molecule has 0 fully saturated rings. The molecule has 0 saturated carbocycles. The molecule has 1 aromatic rings. The number of allylic oxidation sites excluding steroid dienone is 2. The number of aromatic hydroxyl groups is 2. The highest BCUT2D eigenvalue weighted by molar-refractivity contribution is 6.06. The molecule has 1 aromatic carbocycles. The summed E-state index contributed by atoms with van der Waals surface area (Å²) in [6, 6.07) is 1.13. The highest BCUT2D eigenvalue weighted by Crippen LogP contribution is 2.42. The maximum absolute atomic E-state index is 13.0. The number of benzene rings is 1. The summed E-state index contributed by atoms with van der Waals surface area (Å²) in [6.07, 6.45) is 3.58. The highest BCUT2D eigenvalue weighted by Gasteiger charge is 2.29. The zero-order chi connectivity index (χ0) is 31.7. The summed E-state index contributed by atoms with van der Waals surface area (Å²) in [6.45, 7) is 8.00. The van der Waals surface area contributed by atoms with Gasteiger partial charge >= 0.3 is 6.09 Å². The monoisotopic (exact) mass is 587 g/mol. The van der Waals surface area contributed by atoms with Crippen molar-refractivity contribution in [3.05, 3.63) is 52.7 Å². The van der Waals surface area contributed by atoms with Crippen LogP contribution in [-0.2, 0) is 23.8 Å². The topological polar surface area (TPSA) is 190 Å². The van der Waals surface area contributed by atoms with E-state index in [2.05, 4.69) is 10.6 Å². The molecular weight excluding hydrogens is 546 g/mol. The van der Waals surface area contributed by atoms with Crippen LogP contribution in [0.3, 0.4) is 0 Å². The number of nitrogens with two attached hydrogens (primary N) is 1. The summed E-state index contributed by atoms with van der Waals surface area (Å²) in [5, 5.41) is 38.1. The van der Waals surface area contributed by atoms with E-state index >= 15 is 0 Å². The first kappa shape index (κ1) is 34.1. The molecule has 42 heavy (non-hydrogen) atoms. The van der Waals surface area contributed by atoms with Gasteiger partial charge in [-0.2, -0.15) is 0 Å². The van der Waals surface area contributed by atoms with E-state index in [-0.39, 0.29) is 34.7 Å². The second-order valence-electron chi connectivity index (χ2n) is 10.2. The van der Waals surface area contributed by atoms with Gasteiger partial charge in [0.25, 0.3) is 5.91 Å². The SMILES string of the molecule is COC1/C=C/C=C(C)C(=O)Nc2cc(O)c(NC(C)=O)c(c2O)/C=C(\C)CC(OC)C(O)C(C)C=C(C)C1OC(N)=O. The van der Waals surface area contributed by atoms with Gasteiger partial charge in [0.2, 0.25) is 5.91 Å². The summed E-state index contributed by atoms with van der Waals surface area (Å²) in [7, 11) is 2.87. The summed E-state index contributed by atoms with van der Waals surface area (Å²) in [4.78, 5) is 36.5. The lowest BCUT2D eigenvalue weighted by Crippen LogP contribution is -2.36. The molecule has 2 bridgehead atoms. The number of rotatable bonds is 4. The lowest BCUT2D eigenvalue weighted by Gasteiger charge is -2.28. The zero-order valence-electron chi connectivity index (χ0n) is 24.9. The fourth-order valence-corrected chi connectivity index (χ4v) is 4.59. The van der Waals surface area contributed by atoms with Crippen LogP contribution in [0.1, 0.15) is 46.6 Å². The molecule has 0 saturated heterocycles. The van der Waals surface area contributed by atoms with Gasteiger partial charge in [0.15, 0.2) is 6.10 Å². The fraction of sp³-hybridized carbons (Fsp3) is 0.433. The first-order valence-corrected chi connectivity index (χ1v) is 13.3. The molecule has 12 nitrogen and oxygen atoms in total. The number of primary amides is 1. The van der Waals surface area contributed by atoms with Crippen molar-refractivity contribution in [3.63, 3.8) is 0 Å². The maximum Gasteiger partial charge on any atom is 0.405 e. The van der Waals surface area contributed by atoms with Crippen LogP contribution in [0.25, 0.3) is 6.08 Å². The van der Waals surface area contributed by atoms with Crippen LogP contribution >= 0.6 is 0 Å². The number of ether oxygens (including phenoxy) is 3. The molecule has 2 rings (SSSR count). The average molecular weight is 588 g/mol. The van der Waals surface area contributed by atoms with Crippen LogP contribution in [0, 0.1) is 5.92 Å². The standard InChI is InChI=1S/C30H41N3O9/c1-15-11-20-25(32-19(5)34)22(35)14-21(27(20)37)33-29(38)16(2)9-8-10-23(40-6)28(42-30(31)39)18(4)13-17(3)26(36)24(12-15)41-7/h8-11,13-14,17,23-24,26,28,35-37H,12H2,1-7H3,(H2,31,39)(H,32,34)(H,33,38)/b10-8+,15-11+,16-9?,18-13?. The van der Waals surface area contributed by atoms with E-state index in [4.69, 9.17) is 19.9 Å². The van der Waals surface area contributed by atoms with Crippen molar-refractivity contribution < 1.29 is 43.9 Å². The number of methoxy groups -OCH3 is 2. The number of hydrogen-bond acceptors (Lipinski definition) is 9. The fourth-order valence-electron chi connectivity index (χ4n) is 4.59. The number of aliphatic hydroxyl groups excluding tert-OH is 1. The number of phenolic OH excluding ortho intramolecular Hbond substituents is 2.